The SMILES string of the molecule is COC(OC)C(C)N.Cl. The second kappa shape index (κ2) is 6.29. The van der Waals surface area contributed by atoms with E-state index in [0.29, 0.717) is 0 Å². The quantitative estimate of drug-likeness (QED) is 0.600. The zero-order valence-electron chi connectivity index (χ0n) is 5.96. The van der Waals surface area contributed by atoms with Crippen LogP contribution in [0.4, 0.5) is 0 Å². The zero-order chi connectivity index (χ0) is 6.57. The van der Waals surface area contributed by atoms with Gasteiger partial charge in [-0.2, -0.15) is 0 Å². The predicted molar refractivity (Wildman–Crippen MR) is 38.7 cm³/mol. The third-order valence-electron chi connectivity index (χ3n) is 0.894. The van der Waals surface area contributed by atoms with Gasteiger partial charge in [0.25, 0.3) is 0 Å². The van der Waals surface area contributed by atoms with E-state index < -0.39 is 0 Å². The number of rotatable bonds is 3. The minimum absolute atomic E-state index is 0. The van der Waals surface area contributed by atoms with Gasteiger partial charge in [-0.3, -0.25) is 0 Å². The van der Waals surface area contributed by atoms with Gasteiger partial charge in [-0.25, -0.2) is 0 Å². The molecule has 4 heteroatoms. The molecule has 0 aromatic carbocycles. The maximum atomic E-state index is 5.41. The molecule has 0 fully saturated rings. The van der Waals surface area contributed by atoms with Crippen molar-refractivity contribution in [2.24, 2.45) is 5.73 Å². The average Bonchev–Trinajstić information content (AvgIpc) is 1.69. The van der Waals surface area contributed by atoms with Crippen LogP contribution in [0, 0.1) is 0 Å². The summed E-state index contributed by atoms with van der Waals surface area (Å²) in [7, 11) is 3.13. The van der Waals surface area contributed by atoms with Crippen LogP contribution in [0.15, 0.2) is 0 Å². The fraction of sp³-hybridized carbons (Fsp3) is 1.00. The summed E-state index contributed by atoms with van der Waals surface area (Å²) in [6.07, 6.45) is -0.269. The van der Waals surface area contributed by atoms with E-state index in [1.165, 1.54) is 0 Å². The van der Waals surface area contributed by atoms with Gasteiger partial charge in [0.1, 0.15) is 0 Å². The molecule has 58 valence electrons. The van der Waals surface area contributed by atoms with Crippen LogP contribution >= 0.6 is 12.4 Å². The van der Waals surface area contributed by atoms with Crippen molar-refractivity contribution < 1.29 is 9.47 Å². The lowest BCUT2D eigenvalue weighted by molar-refractivity contribution is -0.112. The molecular weight excluding hydrogens is 142 g/mol. The van der Waals surface area contributed by atoms with Gasteiger partial charge >= 0.3 is 0 Å². The van der Waals surface area contributed by atoms with Gasteiger partial charge in [-0.1, -0.05) is 0 Å². The number of hydrogen-bond donors (Lipinski definition) is 1. The Morgan fingerprint density at radius 2 is 1.56 bits per heavy atom. The first-order valence-corrected chi connectivity index (χ1v) is 2.53. The van der Waals surface area contributed by atoms with Gasteiger partial charge in [0.15, 0.2) is 6.29 Å². The largest absolute Gasteiger partial charge is 0.354 e. The molecule has 0 heterocycles. The maximum Gasteiger partial charge on any atom is 0.171 e. The molecule has 0 aliphatic heterocycles. The minimum atomic E-state index is -0.269. The molecule has 0 radical (unpaired) electrons. The molecule has 2 N–H and O–H groups in total. The summed E-state index contributed by atoms with van der Waals surface area (Å²) < 4.78 is 9.63. The first kappa shape index (κ1) is 11.9. The fourth-order valence-corrected chi connectivity index (χ4v) is 0.526. The Labute approximate surface area is 61.9 Å². The molecule has 1 unspecified atom stereocenters. The number of ether oxygens (including phenoxy) is 2. The van der Waals surface area contributed by atoms with Crippen molar-refractivity contribution in [3.63, 3.8) is 0 Å². The van der Waals surface area contributed by atoms with Crippen molar-refractivity contribution in [3.05, 3.63) is 0 Å². The summed E-state index contributed by atoms with van der Waals surface area (Å²) in [5, 5.41) is 0. The van der Waals surface area contributed by atoms with Crippen LogP contribution in [-0.4, -0.2) is 26.6 Å². The molecule has 0 aromatic rings. The molecule has 0 aliphatic carbocycles. The second-order valence-corrected chi connectivity index (χ2v) is 1.70. The highest BCUT2D eigenvalue weighted by Gasteiger charge is 2.08. The first-order chi connectivity index (χ1) is 3.72. The van der Waals surface area contributed by atoms with Crippen LogP contribution in [0.2, 0.25) is 0 Å². The topological polar surface area (TPSA) is 44.5 Å². The lowest BCUT2D eigenvalue weighted by Gasteiger charge is -2.15. The highest BCUT2D eigenvalue weighted by atomic mass is 35.5. The van der Waals surface area contributed by atoms with E-state index in [9.17, 15) is 0 Å². The van der Waals surface area contributed by atoms with Crippen molar-refractivity contribution in [1.82, 2.24) is 0 Å². The van der Waals surface area contributed by atoms with Gasteiger partial charge in [0.2, 0.25) is 0 Å². The van der Waals surface area contributed by atoms with Crippen LogP contribution in [0.25, 0.3) is 0 Å². The lowest BCUT2D eigenvalue weighted by atomic mass is 10.3. The molecule has 0 amide bonds. The van der Waals surface area contributed by atoms with E-state index >= 15 is 0 Å². The second-order valence-electron chi connectivity index (χ2n) is 1.70. The summed E-state index contributed by atoms with van der Waals surface area (Å²) >= 11 is 0. The molecule has 3 nitrogen and oxygen atoms in total. The predicted octanol–water partition coefficient (Wildman–Crippen LogP) is 0.374. The molecule has 0 saturated heterocycles. The zero-order valence-corrected chi connectivity index (χ0v) is 6.77. The minimum Gasteiger partial charge on any atom is -0.354 e. The Balaban J connectivity index is 0. The summed E-state index contributed by atoms with van der Waals surface area (Å²) in [5.74, 6) is 0. The Morgan fingerprint density at radius 1 is 1.22 bits per heavy atom. The van der Waals surface area contributed by atoms with Crippen molar-refractivity contribution in [1.29, 1.82) is 0 Å². The van der Waals surface area contributed by atoms with Crippen molar-refractivity contribution in [2.45, 2.75) is 19.3 Å². The van der Waals surface area contributed by atoms with Crippen LogP contribution in [0.3, 0.4) is 0 Å². The molecule has 0 spiro atoms. The van der Waals surface area contributed by atoms with Crippen LogP contribution in [0.5, 0.6) is 0 Å². The van der Waals surface area contributed by atoms with Crippen LogP contribution in [0.1, 0.15) is 6.92 Å². The molecule has 0 rings (SSSR count). The molecule has 0 saturated carbocycles. The smallest absolute Gasteiger partial charge is 0.171 e. The Morgan fingerprint density at radius 3 is 1.56 bits per heavy atom. The molecule has 9 heavy (non-hydrogen) atoms. The van der Waals surface area contributed by atoms with Gasteiger partial charge < -0.3 is 15.2 Å². The van der Waals surface area contributed by atoms with Crippen LogP contribution < -0.4 is 5.73 Å². The number of methoxy groups -OCH3 is 2. The number of nitrogens with two attached hydrogens (primary N) is 1. The number of halogens is 1. The maximum absolute atomic E-state index is 5.41. The Hall–Kier alpha value is 0.170. The molecule has 0 aromatic heterocycles. The van der Waals surface area contributed by atoms with Crippen molar-refractivity contribution >= 4 is 12.4 Å². The molecular formula is C5H14ClNO2. The van der Waals surface area contributed by atoms with Gasteiger partial charge in [0.05, 0.1) is 6.04 Å². The van der Waals surface area contributed by atoms with Crippen LogP contribution in [-0.2, 0) is 9.47 Å². The Bertz CT molecular complexity index is 56.9. The highest BCUT2D eigenvalue weighted by Crippen LogP contribution is 1.93. The lowest BCUT2D eigenvalue weighted by Crippen LogP contribution is -2.34. The number of hydrogen-bond acceptors (Lipinski definition) is 3. The van der Waals surface area contributed by atoms with E-state index in [-0.39, 0.29) is 24.7 Å². The monoisotopic (exact) mass is 155 g/mol. The Kier molecular flexibility index (Phi) is 8.32. The van der Waals surface area contributed by atoms with Crippen molar-refractivity contribution in [2.75, 3.05) is 14.2 Å². The summed E-state index contributed by atoms with van der Waals surface area (Å²) in [6.45, 7) is 1.83. The molecule has 0 bridgehead atoms. The summed E-state index contributed by atoms with van der Waals surface area (Å²) in [6, 6.07) is -0.0648. The fourth-order valence-electron chi connectivity index (χ4n) is 0.526. The summed E-state index contributed by atoms with van der Waals surface area (Å²) in [5.41, 5.74) is 5.41. The first-order valence-electron chi connectivity index (χ1n) is 2.53. The third kappa shape index (κ3) is 4.66. The van der Waals surface area contributed by atoms with E-state index in [2.05, 4.69) is 0 Å². The van der Waals surface area contributed by atoms with Gasteiger partial charge in [0, 0.05) is 14.2 Å². The highest BCUT2D eigenvalue weighted by molar-refractivity contribution is 5.85. The van der Waals surface area contributed by atoms with E-state index in [4.69, 9.17) is 15.2 Å². The third-order valence-corrected chi connectivity index (χ3v) is 0.894. The van der Waals surface area contributed by atoms with E-state index in [1.54, 1.807) is 14.2 Å². The van der Waals surface area contributed by atoms with E-state index in [0.717, 1.165) is 0 Å². The normalized spacial score (nSPS) is 13.0. The van der Waals surface area contributed by atoms with E-state index in [1.807, 2.05) is 6.92 Å². The average molecular weight is 156 g/mol. The molecule has 0 aliphatic rings. The summed E-state index contributed by atoms with van der Waals surface area (Å²) in [4.78, 5) is 0. The van der Waals surface area contributed by atoms with Crippen molar-refractivity contribution in [3.8, 4) is 0 Å². The van der Waals surface area contributed by atoms with Gasteiger partial charge in [-0.15, -0.1) is 12.4 Å². The standard InChI is InChI=1S/C5H13NO2.ClH/c1-4(6)5(7-2)8-3;/h4-5H,6H2,1-3H3;1H. The van der Waals surface area contributed by atoms with Gasteiger partial charge in [-0.05, 0) is 6.92 Å². The molecule has 1 atom stereocenters.